The fourth-order valence-electron chi connectivity index (χ4n) is 0.701. The van der Waals surface area contributed by atoms with E-state index in [2.05, 4.69) is 0 Å². The van der Waals surface area contributed by atoms with Crippen LogP contribution in [0.5, 0.6) is 0 Å². The first-order valence-electron chi connectivity index (χ1n) is 4.23. The maximum absolute atomic E-state index is 10.0. The monoisotopic (exact) mass is 296 g/mol. The van der Waals surface area contributed by atoms with Crippen LogP contribution in [0.3, 0.4) is 0 Å². The summed E-state index contributed by atoms with van der Waals surface area (Å²) < 4.78 is 0. The van der Waals surface area contributed by atoms with Gasteiger partial charge in [-0.2, -0.15) is 0 Å². The maximum atomic E-state index is 10.0. The number of rotatable bonds is 4. The van der Waals surface area contributed by atoms with Crippen LogP contribution in [-0.4, -0.2) is 23.1 Å². The Morgan fingerprint density at radius 3 is 0.688 bits per heavy atom. The Labute approximate surface area is 126 Å². The number of Topliss-reactive ketones (excluding diaryl/α,β-unsaturated/α-hetero) is 4. The van der Waals surface area contributed by atoms with Gasteiger partial charge in [0.2, 0.25) is 0 Å². The third kappa shape index (κ3) is 36.9. The molecular formula is C10H16O4Ti2. The Kier molecular flexibility index (Phi) is 23.7. The van der Waals surface area contributed by atoms with E-state index in [1.54, 1.807) is 0 Å². The van der Waals surface area contributed by atoms with Gasteiger partial charge < -0.3 is 0 Å². The van der Waals surface area contributed by atoms with Gasteiger partial charge in [-0.3, -0.25) is 19.2 Å². The molecule has 0 heterocycles. The van der Waals surface area contributed by atoms with Crippen LogP contribution in [0.2, 0.25) is 0 Å². The minimum Gasteiger partial charge on any atom is -0.300 e. The summed E-state index contributed by atoms with van der Waals surface area (Å²) in [6.45, 7) is 5.62. The molecule has 0 aliphatic heterocycles. The number of ketones is 4. The molecule has 0 aromatic rings. The fourth-order valence-corrected chi connectivity index (χ4v) is 0.701. The summed E-state index contributed by atoms with van der Waals surface area (Å²) in [5, 5.41) is 0. The second-order valence-corrected chi connectivity index (χ2v) is 3.16. The van der Waals surface area contributed by atoms with Crippen LogP contribution < -0.4 is 0 Å². The van der Waals surface area contributed by atoms with Crippen molar-refractivity contribution in [1.82, 2.24) is 0 Å². The van der Waals surface area contributed by atoms with E-state index >= 15 is 0 Å². The van der Waals surface area contributed by atoms with Crippen LogP contribution >= 0.6 is 0 Å². The van der Waals surface area contributed by atoms with E-state index in [0.29, 0.717) is 0 Å². The van der Waals surface area contributed by atoms with Crippen LogP contribution in [0, 0.1) is 0 Å². The molecule has 0 amide bonds. The van der Waals surface area contributed by atoms with Gasteiger partial charge in [0.05, 0.1) is 12.8 Å². The van der Waals surface area contributed by atoms with Gasteiger partial charge in [0.25, 0.3) is 0 Å². The molecule has 0 aromatic heterocycles. The molecule has 16 heavy (non-hydrogen) atoms. The van der Waals surface area contributed by atoms with Crippen LogP contribution in [-0.2, 0) is 62.6 Å². The largest absolute Gasteiger partial charge is 0.300 e. The molecule has 0 saturated carbocycles. The second-order valence-electron chi connectivity index (χ2n) is 3.16. The average Bonchev–Trinajstić information content (AvgIpc) is 1.79. The molecule has 88 valence electrons. The van der Waals surface area contributed by atoms with Crippen molar-refractivity contribution in [1.29, 1.82) is 0 Å². The Morgan fingerprint density at radius 1 is 0.562 bits per heavy atom. The maximum Gasteiger partial charge on any atom is 0.137 e. The molecule has 0 unspecified atom stereocenters. The molecule has 6 heteroatoms. The van der Waals surface area contributed by atoms with Crippen LogP contribution in [0.25, 0.3) is 0 Å². The zero-order valence-electron chi connectivity index (χ0n) is 10.0. The molecule has 4 nitrogen and oxygen atoms in total. The predicted octanol–water partition coefficient (Wildman–Crippen LogP) is 1.10. The Hall–Kier alpha value is 0.109. The number of carbonyl (C=O) groups is 4. The van der Waals surface area contributed by atoms with E-state index in [4.69, 9.17) is 0 Å². The van der Waals surface area contributed by atoms with Gasteiger partial charge in [-0.15, -0.1) is 0 Å². The molecule has 0 aromatic carbocycles. The molecule has 0 bridgehead atoms. The Morgan fingerprint density at radius 2 is 0.688 bits per heavy atom. The first-order chi connectivity index (χ1) is 6.25. The standard InChI is InChI=1S/2C5H8O2.2Ti/c2*1-4(6)3-5(2)7;;/h2*3H2,1-2H3;;. The van der Waals surface area contributed by atoms with Gasteiger partial charge in [-0.1, -0.05) is 0 Å². The van der Waals surface area contributed by atoms with Gasteiger partial charge in [0, 0.05) is 43.4 Å². The minimum absolute atomic E-state index is 0. The van der Waals surface area contributed by atoms with Gasteiger partial charge >= 0.3 is 0 Å². The first kappa shape index (κ1) is 25.1. The quantitative estimate of drug-likeness (QED) is 0.575. The molecule has 0 spiro atoms. The van der Waals surface area contributed by atoms with Gasteiger partial charge in [0.15, 0.2) is 0 Å². The average molecular weight is 296 g/mol. The third-order valence-electron chi connectivity index (χ3n) is 0.996. The molecule has 0 rings (SSSR count). The van der Waals surface area contributed by atoms with Crippen molar-refractivity contribution >= 4 is 23.1 Å². The summed E-state index contributed by atoms with van der Waals surface area (Å²) >= 11 is 0. The van der Waals surface area contributed by atoms with E-state index in [0.717, 1.165) is 0 Å². The molecule has 0 fully saturated rings. The van der Waals surface area contributed by atoms with Crippen molar-refractivity contribution in [3.8, 4) is 0 Å². The molecule has 0 N–H and O–H groups in total. The smallest absolute Gasteiger partial charge is 0.137 e. The van der Waals surface area contributed by atoms with E-state index in [1.807, 2.05) is 0 Å². The van der Waals surface area contributed by atoms with Gasteiger partial charge in [0.1, 0.15) is 23.1 Å². The van der Waals surface area contributed by atoms with Crippen molar-refractivity contribution < 1.29 is 62.6 Å². The van der Waals surface area contributed by atoms with Crippen molar-refractivity contribution in [3.05, 3.63) is 0 Å². The summed E-state index contributed by atoms with van der Waals surface area (Å²) in [5.74, 6) is -0.250. The Balaban J connectivity index is -0.0000000800. The summed E-state index contributed by atoms with van der Waals surface area (Å²) in [6, 6.07) is 0. The third-order valence-corrected chi connectivity index (χ3v) is 0.996. The van der Waals surface area contributed by atoms with Crippen molar-refractivity contribution in [2.45, 2.75) is 40.5 Å². The topological polar surface area (TPSA) is 68.3 Å². The molecule has 0 aliphatic carbocycles. The first-order valence-corrected chi connectivity index (χ1v) is 4.23. The normalized spacial score (nSPS) is 7.25. The molecular weight excluding hydrogens is 280 g/mol. The number of hydrogen-bond acceptors (Lipinski definition) is 4. The van der Waals surface area contributed by atoms with E-state index in [9.17, 15) is 19.2 Å². The Bertz CT molecular complexity index is 199. The van der Waals surface area contributed by atoms with Crippen molar-refractivity contribution in [3.63, 3.8) is 0 Å². The predicted molar refractivity (Wildman–Crippen MR) is 52.0 cm³/mol. The van der Waals surface area contributed by atoms with Crippen LogP contribution in [0.4, 0.5) is 0 Å². The summed E-state index contributed by atoms with van der Waals surface area (Å²) in [4.78, 5) is 40.1. The molecule has 0 radical (unpaired) electrons. The van der Waals surface area contributed by atoms with Gasteiger partial charge in [-0.05, 0) is 27.7 Å². The van der Waals surface area contributed by atoms with Crippen molar-refractivity contribution in [2.24, 2.45) is 0 Å². The van der Waals surface area contributed by atoms with Gasteiger partial charge in [-0.25, -0.2) is 0 Å². The van der Waals surface area contributed by atoms with E-state index < -0.39 is 0 Å². The second kappa shape index (κ2) is 15.1. The van der Waals surface area contributed by atoms with E-state index in [-0.39, 0.29) is 79.4 Å². The van der Waals surface area contributed by atoms with E-state index in [1.165, 1.54) is 27.7 Å². The zero-order valence-corrected chi connectivity index (χ0v) is 13.2. The van der Waals surface area contributed by atoms with Crippen LogP contribution in [0.1, 0.15) is 40.5 Å². The minimum atomic E-state index is -0.0625. The summed E-state index contributed by atoms with van der Waals surface area (Å²) in [5.41, 5.74) is 0. The molecule has 0 saturated heterocycles. The summed E-state index contributed by atoms with van der Waals surface area (Å²) in [7, 11) is 0. The number of hydrogen-bond donors (Lipinski definition) is 0. The van der Waals surface area contributed by atoms with Crippen LogP contribution in [0.15, 0.2) is 0 Å². The SMILES string of the molecule is CC(=O)CC(C)=O.CC(=O)CC(C)=O.[Ti].[Ti]. The number of carbonyl (C=O) groups excluding carboxylic acids is 4. The summed E-state index contributed by atoms with van der Waals surface area (Å²) in [6.07, 6.45) is 0.167. The van der Waals surface area contributed by atoms with Crippen molar-refractivity contribution in [2.75, 3.05) is 0 Å². The molecule has 0 atom stereocenters. The zero-order chi connectivity index (χ0) is 11.7. The fraction of sp³-hybridized carbons (Fsp3) is 0.600. The molecule has 0 aliphatic rings.